The Kier molecular flexibility index (Phi) is 4.97. The van der Waals surface area contributed by atoms with E-state index in [0.717, 1.165) is 18.7 Å². The van der Waals surface area contributed by atoms with E-state index in [1.807, 2.05) is 0 Å². The van der Waals surface area contributed by atoms with Crippen LogP contribution in [0.2, 0.25) is 0 Å². The molecular weight excluding hydrogens is 236 g/mol. The molecule has 0 bridgehead atoms. The van der Waals surface area contributed by atoms with Gasteiger partial charge in [0.1, 0.15) is 11.6 Å². The van der Waals surface area contributed by atoms with Crippen LogP contribution >= 0.6 is 0 Å². The first-order valence-corrected chi connectivity index (χ1v) is 7.76. The molecule has 1 saturated carbocycles. The van der Waals surface area contributed by atoms with Gasteiger partial charge in [-0.3, -0.25) is 0 Å². The minimum Gasteiger partial charge on any atom is -0.328 e. The molecule has 4 heteroatoms. The van der Waals surface area contributed by atoms with E-state index >= 15 is 0 Å². The maximum Gasteiger partial charge on any atom is 0.136 e. The molecule has 1 aliphatic carbocycles. The molecule has 1 aromatic rings. The normalized spacial score (nSPS) is 19.8. The second-order valence-corrected chi connectivity index (χ2v) is 6.22. The predicted molar refractivity (Wildman–Crippen MR) is 78.2 cm³/mol. The lowest BCUT2D eigenvalue weighted by Crippen LogP contribution is -2.16. The smallest absolute Gasteiger partial charge is 0.136 e. The van der Waals surface area contributed by atoms with Gasteiger partial charge < -0.3 is 10.3 Å². The third-order valence-corrected chi connectivity index (χ3v) is 4.32. The summed E-state index contributed by atoms with van der Waals surface area (Å²) in [4.78, 5) is 0. The minimum atomic E-state index is 0.307. The van der Waals surface area contributed by atoms with Crippen LogP contribution in [0.1, 0.15) is 82.4 Å². The molecule has 4 nitrogen and oxygen atoms in total. The van der Waals surface area contributed by atoms with Crippen molar-refractivity contribution in [3.8, 4) is 0 Å². The van der Waals surface area contributed by atoms with E-state index < -0.39 is 0 Å². The Morgan fingerprint density at radius 3 is 2.53 bits per heavy atom. The molecule has 0 saturated heterocycles. The Morgan fingerprint density at radius 2 is 1.89 bits per heavy atom. The zero-order valence-electron chi connectivity index (χ0n) is 12.6. The van der Waals surface area contributed by atoms with Crippen LogP contribution in [-0.2, 0) is 0 Å². The summed E-state index contributed by atoms with van der Waals surface area (Å²) in [5.74, 6) is 2.76. The highest BCUT2D eigenvalue weighted by Gasteiger charge is 2.24. The summed E-state index contributed by atoms with van der Waals surface area (Å²) in [5.41, 5.74) is 5.82. The number of aromatic nitrogens is 3. The fraction of sp³-hybridized carbons (Fsp3) is 0.867. The summed E-state index contributed by atoms with van der Waals surface area (Å²) < 4.78 is 2.41. The van der Waals surface area contributed by atoms with Crippen LogP contribution in [-0.4, -0.2) is 20.8 Å². The van der Waals surface area contributed by atoms with Crippen molar-refractivity contribution in [2.75, 3.05) is 0 Å². The number of hydrogen-bond acceptors (Lipinski definition) is 3. The summed E-state index contributed by atoms with van der Waals surface area (Å²) in [6, 6.07) is 0.947. The lowest BCUT2D eigenvalue weighted by atomic mass is 10.0. The number of nitrogens with zero attached hydrogens (tertiary/aromatic N) is 3. The molecule has 0 amide bonds. The molecular formula is C15H28N4. The van der Waals surface area contributed by atoms with Crippen molar-refractivity contribution < 1.29 is 0 Å². The van der Waals surface area contributed by atoms with Crippen molar-refractivity contribution in [2.45, 2.75) is 83.7 Å². The second kappa shape index (κ2) is 6.51. The van der Waals surface area contributed by atoms with Gasteiger partial charge in [-0.1, -0.05) is 26.2 Å². The molecule has 1 aromatic heterocycles. The Morgan fingerprint density at radius 1 is 1.21 bits per heavy atom. The topological polar surface area (TPSA) is 56.7 Å². The third-order valence-electron chi connectivity index (χ3n) is 4.32. The highest BCUT2D eigenvalue weighted by molar-refractivity contribution is 5.03. The largest absolute Gasteiger partial charge is 0.328 e. The van der Waals surface area contributed by atoms with Crippen LogP contribution in [0.4, 0.5) is 0 Å². The Labute approximate surface area is 116 Å². The summed E-state index contributed by atoms with van der Waals surface area (Å²) in [7, 11) is 0. The van der Waals surface area contributed by atoms with Gasteiger partial charge >= 0.3 is 0 Å². The maximum absolute atomic E-state index is 5.82. The first kappa shape index (κ1) is 14.5. The summed E-state index contributed by atoms with van der Waals surface area (Å²) in [6.07, 6.45) is 8.71. The van der Waals surface area contributed by atoms with Crippen LogP contribution in [0.15, 0.2) is 0 Å². The van der Waals surface area contributed by atoms with E-state index in [0.29, 0.717) is 18.0 Å². The predicted octanol–water partition coefficient (Wildman–Crippen LogP) is 3.32. The first-order valence-electron chi connectivity index (χ1n) is 7.76. The lowest BCUT2D eigenvalue weighted by molar-refractivity contribution is 0.455. The number of aryl methyl sites for hydroxylation is 1. The zero-order valence-corrected chi connectivity index (χ0v) is 12.6. The Hall–Kier alpha value is -0.900. The molecule has 0 aliphatic heterocycles. The van der Waals surface area contributed by atoms with Crippen LogP contribution < -0.4 is 5.73 Å². The Bertz CT molecular complexity index is 391. The van der Waals surface area contributed by atoms with Gasteiger partial charge in [0.2, 0.25) is 0 Å². The van der Waals surface area contributed by atoms with Crippen LogP contribution in [0.5, 0.6) is 0 Å². The van der Waals surface area contributed by atoms with Crippen molar-refractivity contribution in [3.63, 3.8) is 0 Å². The van der Waals surface area contributed by atoms with Crippen molar-refractivity contribution in [3.05, 3.63) is 11.6 Å². The van der Waals surface area contributed by atoms with E-state index in [2.05, 4.69) is 35.5 Å². The van der Waals surface area contributed by atoms with Crippen molar-refractivity contribution in [2.24, 2.45) is 5.73 Å². The van der Waals surface area contributed by atoms with Gasteiger partial charge in [0.05, 0.1) is 0 Å². The summed E-state index contributed by atoms with van der Waals surface area (Å²) >= 11 is 0. The standard InChI is InChI=1S/C15H28N4/c1-11(7-6-8-12(2)16)15-18-17-13(3)19(15)14-9-4-5-10-14/h11-12,14H,4-10,16H2,1-3H3. The quantitative estimate of drug-likeness (QED) is 0.857. The molecule has 2 N–H and O–H groups in total. The van der Waals surface area contributed by atoms with Gasteiger partial charge in [0.15, 0.2) is 0 Å². The van der Waals surface area contributed by atoms with Gasteiger partial charge in [0, 0.05) is 18.0 Å². The van der Waals surface area contributed by atoms with E-state index in [9.17, 15) is 0 Å². The zero-order chi connectivity index (χ0) is 13.8. The average molecular weight is 264 g/mol. The fourth-order valence-corrected chi connectivity index (χ4v) is 3.21. The van der Waals surface area contributed by atoms with Crippen LogP contribution in [0.3, 0.4) is 0 Å². The lowest BCUT2D eigenvalue weighted by Gasteiger charge is -2.19. The van der Waals surface area contributed by atoms with E-state index in [1.165, 1.54) is 37.9 Å². The monoisotopic (exact) mass is 264 g/mol. The molecule has 19 heavy (non-hydrogen) atoms. The van der Waals surface area contributed by atoms with Gasteiger partial charge in [-0.15, -0.1) is 10.2 Å². The van der Waals surface area contributed by atoms with Crippen molar-refractivity contribution >= 4 is 0 Å². The average Bonchev–Trinajstić information content (AvgIpc) is 2.96. The molecule has 1 aliphatic rings. The highest BCUT2D eigenvalue weighted by Crippen LogP contribution is 2.33. The number of hydrogen-bond donors (Lipinski definition) is 1. The molecule has 2 atom stereocenters. The Balaban J connectivity index is 2.02. The molecule has 0 radical (unpaired) electrons. The number of nitrogens with two attached hydrogens (primary N) is 1. The number of rotatable bonds is 6. The van der Waals surface area contributed by atoms with Gasteiger partial charge in [-0.2, -0.15) is 0 Å². The minimum absolute atomic E-state index is 0.307. The fourth-order valence-electron chi connectivity index (χ4n) is 3.21. The molecule has 0 spiro atoms. The summed E-state index contributed by atoms with van der Waals surface area (Å²) in [6.45, 7) is 6.44. The molecule has 1 fully saturated rings. The first-order chi connectivity index (χ1) is 9.09. The molecule has 2 rings (SSSR count). The SMILES string of the molecule is Cc1nnc(C(C)CCCC(C)N)n1C1CCCC1. The molecule has 1 heterocycles. The van der Waals surface area contributed by atoms with Crippen molar-refractivity contribution in [1.29, 1.82) is 0 Å². The van der Waals surface area contributed by atoms with Crippen molar-refractivity contribution in [1.82, 2.24) is 14.8 Å². The highest BCUT2D eigenvalue weighted by atomic mass is 15.3. The van der Waals surface area contributed by atoms with E-state index in [4.69, 9.17) is 5.73 Å². The maximum atomic E-state index is 5.82. The molecule has 2 unspecified atom stereocenters. The van der Waals surface area contributed by atoms with Gasteiger partial charge in [-0.05, 0) is 39.5 Å². The van der Waals surface area contributed by atoms with Gasteiger partial charge in [0.25, 0.3) is 0 Å². The van der Waals surface area contributed by atoms with Crippen LogP contribution in [0, 0.1) is 6.92 Å². The van der Waals surface area contributed by atoms with Crippen LogP contribution in [0.25, 0.3) is 0 Å². The molecule has 0 aromatic carbocycles. The second-order valence-electron chi connectivity index (χ2n) is 6.22. The summed E-state index contributed by atoms with van der Waals surface area (Å²) in [5, 5.41) is 8.75. The molecule has 108 valence electrons. The van der Waals surface area contributed by atoms with E-state index in [1.54, 1.807) is 0 Å². The third kappa shape index (κ3) is 3.56. The van der Waals surface area contributed by atoms with E-state index in [-0.39, 0.29) is 0 Å². The van der Waals surface area contributed by atoms with Gasteiger partial charge in [-0.25, -0.2) is 0 Å².